The number of hydrogen-bond acceptors (Lipinski definition) is 4. The van der Waals surface area contributed by atoms with Crippen molar-refractivity contribution >= 4 is 43.5 Å². The molecule has 0 atom stereocenters. The van der Waals surface area contributed by atoms with Crippen LogP contribution in [-0.4, -0.2) is 15.0 Å². The second-order valence-corrected chi connectivity index (χ2v) is 14.4. The maximum Gasteiger partial charge on any atom is 0.164 e. The Bertz CT molecular complexity index is 3260. The van der Waals surface area contributed by atoms with Crippen LogP contribution >= 0.6 is 0 Å². The number of nitrogens with zero attached hydrogens (tertiary/aromatic N) is 3. The summed E-state index contributed by atoms with van der Waals surface area (Å²) in [6.45, 7) is 0. The molecule has 0 aliphatic heterocycles. The fraction of sp³-hybridized carbons (Fsp3) is 0. The molecule has 4 nitrogen and oxygen atoms in total. The lowest BCUT2D eigenvalue weighted by Gasteiger charge is -2.12. The summed E-state index contributed by atoms with van der Waals surface area (Å²) in [5.74, 6) is 1.83. The smallest absolute Gasteiger partial charge is 0.164 e. The average molecular weight is 728 g/mol. The lowest BCUT2D eigenvalue weighted by molar-refractivity contribution is 0.673. The Morgan fingerprint density at radius 2 is 0.807 bits per heavy atom. The van der Waals surface area contributed by atoms with Crippen LogP contribution in [0.5, 0.6) is 0 Å². The van der Waals surface area contributed by atoms with Crippen LogP contribution in [0.2, 0.25) is 0 Å². The first-order valence-corrected chi connectivity index (χ1v) is 19.2. The second-order valence-electron chi connectivity index (χ2n) is 14.4. The molecule has 0 unspecified atom stereocenters. The lowest BCUT2D eigenvalue weighted by atomic mass is 9.96. The number of hydrogen-bond donors (Lipinski definition) is 0. The van der Waals surface area contributed by atoms with Gasteiger partial charge in [0.05, 0.1) is 0 Å². The molecule has 4 heteroatoms. The third-order valence-electron chi connectivity index (χ3n) is 10.9. The van der Waals surface area contributed by atoms with Gasteiger partial charge in [0.25, 0.3) is 0 Å². The molecule has 0 spiro atoms. The Kier molecular flexibility index (Phi) is 7.78. The van der Waals surface area contributed by atoms with E-state index >= 15 is 0 Å². The summed E-state index contributed by atoms with van der Waals surface area (Å²) in [5, 5.41) is 6.39. The standard InChI is InChI=1S/C53H33N3O/c1-4-13-34(14-5-1)36-23-25-38(26-24-36)51-54-52(42-30-29-40-31-39(27-28-41(40)32-42)35-15-6-2-7-16-35)56-53(55-51)46-33-47-49-43(37-17-8-3-9-18-37)21-12-22-48(49)57-50(47)45-20-11-10-19-44(45)46/h1-33H. The highest BCUT2D eigenvalue weighted by molar-refractivity contribution is 6.22. The van der Waals surface area contributed by atoms with E-state index in [-0.39, 0.29) is 0 Å². The van der Waals surface area contributed by atoms with Gasteiger partial charge in [0.1, 0.15) is 11.2 Å². The highest BCUT2D eigenvalue weighted by Gasteiger charge is 2.21. The summed E-state index contributed by atoms with van der Waals surface area (Å²) in [5.41, 5.74) is 11.4. The summed E-state index contributed by atoms with van der Waals surface area (Å²) in [6.07, 6.45) is 0. The average Bonchev–Trinajstić information content (AvgIpc) is 3.68. The molecule has 0 aliphatic rings. The minimum Gasteiger partial charge on any atom is -0.455 e. The van der Waals surface area contributed by atoms with E-state index in [1.807, 2.05) is 18.2 Å². The van der Waals surface area contributed by atoms with E-state index in [0.29, 0.717) is 17.5 Å². The number of furan rings is 1. The number of fused-ring (bicyclic) bond motifs is 6. The van der Waals surface area contributed by atoms with Gasteiger partial charge in [-0.05, 0) is 73.8 Å². The van der Waals surface area contributed by atoms with Gasteiger partial charge in [-0.2, -0.15) is 0 Å². The molecular formula is C53H33N3O. The van der Waals surface area contributed by atoms with Gasteiger partial charge in [0, 0.05) is 32.8 Å². The first-order chi connectivity index (χ1) is 28.2. The quantitative estimate of drug-likeness (QED) is 0.171. The molecule has 0 bridgehead atoms. The van der Waals surface area contributed by atoms with Gasteiger partial charge in [0.2, 0.25) is 0 Å². The molecule has 0 aliphatic carbocycles. The molecule has 2 aromatic heterocycles. The van der Waals surface area contributed by atoms with Gasteiger partial charge in [-0.1, -0.05) is 176 Å². The van der Waals surface area contributed by atoms with Crippen molar-refractivity contribution in [2.45, 2.75) is 0 Å². The number of rotatable bonds is 6. The Hall–Kier alpha value is -7.69. The van der Waals surface area contributed by atoms with E-state index < -0.39 is 0 Å². The van der Waals surface area contributed by atoms with Crippen molar-refractivity contribution in [3.63, 3.8) is 0 Å². The van der Waals surface area contributed by atoms with Crippen LogP contribution in [-0.2, 0) is 0 Å². The Labute approximate surface area is 329 Å². The van der Waals surface area contributed by atoms with Gasteiger partial charge in [-0.25, -0.2) is 15.0 Å². The first kappa shape index (κ1) is 32.7. The molecule has 266 valence electrons. The molecule has 0 saturated carbocycles. The highest BCUT2D eigenvalue weighted by Crippen LogP contribution is 2.43. The van der Waals surface area contributed by atoms with Crippen molar-refractivity contribution in [2.24, 2.45) is 0 Å². The molecule has 0 amide bonds. The molecule has 9 aromatic carbocycles. The van der Waals surface area contributed by atoms with E-state index in [9.17, 15) is 0 Å². The van der Waals surface area contributed by atoms with Crippen molar-refractivity contribution in [3.8, 4) is 67.5 Å². The van der Waals surface area contributed by atoms with Crippen LogP contribution in [0.4, 0.5) is 0 Å². The molecule has 11 rings (SSSR count). The van der Waals surface area contributed by atoms with Crippen LogP contribution in [0.1, 0.15) is 0 Å². The highest BCUT2D eigenvalue weighted by atomic mass is 16.3. The predicted molar refractivity (Wildman–Crippen MR) is 235 cm³/mol. The van der Waals surface area contributed by atoms with E-state index in [1.165, 1.54) is 11.1 Å². The van der Waals surface area contributed by atoms with E-state index in [1.54, 1.807) is 0 Å². The minimum atomic E-state index is 0.603. The minimum absolute atomic E-state index is 0.603. The predicted octanol–water partition coefficient (Wildman–Crippen LogP) is 14.1. The molecular weight excluding hydrogens is 695 g/mol. The first-order valence-electron chi connectivity index (χ1n) is 19.2. The molecule has 0 saturated heterocycles. The summed E-state index contributed by atoms with van der Waals surface area (Å²) >= 11 is 0. The van der Waals surface area contributed by atoms with Gasteiger partial charge in [0.15, 0.2) is 17.5 Å². The van der Waals surface area contributed by atoms with Crippen LogP contribution in [0.3, 0.4) is 0 Å². The largest absolute Gasteiger partial charge is 0.455 e. The van der Waals surface area contributed by atoms with Crippen LogP contribution in [0, 0.1) is 0 Å². The van der Waals surface area contributed by atoms with Crippen molar-refractivity contribution in [1.29, 1.82) is 0 Å². The van der Waals surface area contributed by atoms with E-state index in [0.717, 1.165) is 82.4 Å². The Morgan fingerprint density at radius 1 is 0.298 bits per heavy atom. The maximum absolute atomic E-state index is 6.68. The van der Waals surface area contributed by atoms with Crippen molar-refractivity contribution in [1.82, 2.24) is 15.0 Å². The van der Waals surface area contributed by atoms with Crippen molar-refractivity contribution in [2.75, 3.05) is 0 Å². The SMILES string of the molecule is c1ccc(-c2ccc(-c3nc(-c4ccc5cc(-c6ccccc6)ccc5c4)nc(-c4cc5c(oc6cccc(-c7ccccc7)c65)c5ccccc45)n3)cc2)cc1. The molecule has 0 radical (unpaired) electrons. The van der Waals surface area contributed by atoms with Crippen LogP contribution in [0.15, 0.2) is 205 Å². The fourth-order valence-corrected chi connectivity index (χ4v) is 8.08. The van der Waals surface area contributed by atoms with Crippen LogP contribution in [0.25, 0.3) is 111 Å². The monoisotopic (exact) mass is 727 g/mol. The summed E-state index contributed by atoms with van der Waals surface area (Å²) in [4.78, 5) is 15.7. The van der Waals surface area contributed by atoms with Crippen molar-refractivity contribution < 1.29 is 4.42 Å². The summed E-state index contributed by atoms with van der Waals surface area (Å²) in [6, 6.07) is 69.8. The maximum atomic E-state index is 6.68. The molecule has 0 fully saturated rings. The van der Waals surface area contributed by atoms with Gasteiger partial charge >= 0.3 is 0 Å². The third-order valence-corrected chi connectivity index (χ3v) is 10.9. The molecule has 11 aromatic rings. The zero-order chi connectivity index (χ0) is 37.7. The Balaban J connectivity index is 1.13. The van der Waals surface area contributed by atoms with E-state index in [2.05, 4.69) is 182 Å². The Morgan fingerprint density at radius 3 is 1.51 bits per heavy atom. The molecule has 0 N–H and O–H groups in total. The van der Waals surface area contributed by atoms with Crippen LogP contribution < -0.4 is 0 Å². The topological polar surface area (TPSA) is 51.8 Å². The third kappa shape index (κ3) is 5.83. The van der Waals surface area contributed by atoms with Crippen molar-refractivity contribution in [3.05, 3.63) is 200 Å². The lowest BCUT2D eigenvalue weighted by Crippen LogP contribution is -2.01. The molecule has 57 heavy (non-hydrogen) atoms. The van der Waals surface area contributed by atoms with Gasteiger partial charge in [-0.3, -0.25) is 0 Å². The fourth-order valence-electron chi connectivity index (χ4n) is 8.08. The molecule has 2 heterocycles. The van der Waals surface area contributed by atoms with Gasteiger partial charge < -0.3 is 4.42 Å². The summed E-state index contributed by atoms with van der Waals surface area (Å²) < 4.78 is 6.68. The summed E-state index contributed by atoms with van der Waals surface area (Å²) in [7, 11) is 0. The van der Waals surface area contributed by atoms with Gasteiger partial charge in [-0.15, -0.1) is 0 Å². The second kappa shape index (κ2) is 13.6. The number of benzene rings is 9. The number of aromatic nitrogens is 3. The van der Waals surface area contributed by atoms with E-state index in [4.69, 9.17) is 19.4 Å². The normalized spacial score (nSPS) is 11.5. The zero-order valence-electron chi connectivity index (χ0n) is 30.8. The zero-order valence-corrected chi connectivity index (χ0v) is 30.8.